The third-order valence-corrected chi connectivity index (χ3v) is 3.02. The summed E-state index contributed by atoms with van der Waals surface area (Å²) in [5.74, 6) is -0.173. The van der Waals surface area contributed by atoms with E-state index in [9.17, 15) is 20.0 Å². The lowest BCUT2D eigenvalue weighted by Crippen LogP contribution is -2.27. The summed E-state index contributed by atoms with van der Waals surface area (Å²) in [6.07, 6.45) is -0.578. The number of rotatable bonds is 3. The van der Waals surface area contributed by atoms with Crippen LogP contribution in [-0.4, -0.2) is 21.7 Å². The maximum absolute atomic E-state index is 11.7. The van der Waals surface area contributed by atoms with Crippen molar-refractivity contribution in [1.29, 1.82) is 0 Å². The first kappa shape index (κ1) is 17.3. The van der Waals surface area contributed by atoms with Crippen molar-refractivity contribution in [1.82, 2.24) is 0 Å². The van der Waals surface area contributed by atoms with Gasteiger partial charge in [-0.1, -0.05) is 12.1 Å². The van der Waals surface area contributed by atoms with Crippen molar-refractivity contribution in [2.75, 3.05) is 5.32 Å². The number of carbonyl (C=O) groups excluding carboxylic acids is 1. The molecule has 0 unspecified atom stereocenters. The van der Waals surface area contributed by atoms with E-state index in [4.69, 9.17) is 4.74 Å². The third kappa shape index (κ3) is 4.45. The molecule has 0 saturated heterocycles. The second kappa shape index (κ2) is 6.57. The minimum Gasteiger partial charge on any atom is -0.508 e. The molecule has 0 aliphatic heterocycles. The minimum absolute atomic E-state index is 0.173. The Morgan fingerprint density at radius 1 is 1.17 bits per heavy atom. The van der Waals surface area contributed by atoms with Crippen molar-refractivity contribution in [3.05, 3.63) is 52.6 Å². The van der Waals surface area contributed by atoms with Crippen LogP contribution in [0.2, 0.25) is 0 Å². The van der Waals surface area contributed by atoms with Gasteiger partial charge in [-0.15, -0.1) is 0 Å². The van der Waals surface area contributed by atoms with Crippen LogP contribution in [0.3, 0.4) is 0 Å². The quantitative estimate of drug-likeness (QED) is 0.645. The predicted octanol–water partition coefficient (Wildman–Crippen LogP) is 4.31. The van der Waals surface area contributed by atoms with Crippen LogP contribution < -0.4 is 5.32 Å². The van der Waals surface area contributed by atoms with Crippen LogP contribution in [0.25, 0.3) is 11.1 Å². The molecule has 2 aromatic rings. The minimum atomic E-state index is -0.601. The number of ether oxygens (including phenoxy) is 1. The van der Waals surface area contributed by atoms with Gasteiger partial charge < -0.3 is 9.84 Å². The van der Waals surface area contributed by atoms with Gasteiger partial charge in [0, 0.05) is 5.69 Å². The highest BCUT2D eigenvalue weighted by molar-refractivity contribution is 5.85. The van der Waals surface area contributed by atoms with Crippen LogP contribution in [-0.2, 0) is 4.74 Å². The number of carbonyl (C=O) groups is 1. The zero-order valence-corrected chi connectivity index (χ0v) is 13.6. The summed E-state index contributed by atoms with van der Waals surface area (Å²) < 4.78 is 5.15. The van der Waals surface area contributed by atoms with Gasteiger partial charge in [0.15, 0.2) is 0 Å². The average Bonchev–Trinajstić information content (AvgIpc) is 2.46. The highest BCUT2D eigenvalue weighted by Gasteiger charge is 2.18. The number of benzene rings is 2. The molecule has 2 aromatic carbocycles. The number of phenolic OH excluding ortho intramolecular Hbond substituents is 1. The predicted molar refractivity (Wildman–Crippen MR) is 90.1 cm³/mol. The van der Waals surface area contributed by atoms with E-state index in [0.717, 1.165) is 6.07 Å². The average molecular weight is 330 g/mol. The van der Waals surface area contributed by atoms with Crippen molar-refractivity contribution in [2.24, 2.45) is 0 Å². The van der Waals surface area contributed by atoms with E-state index in [1.807, 2.05) is 0 Å². The molecule has 0 fully saturated rings. The number of nitrogens with zero attached hydrogens (tertiary/aromatic N) is 1. The molecule has 0 aromatic heterocycles. The zero-order chi connectivity index (χ0) is 17.9. The molecule has 0 radical (unpaired) electrons. The second-order valence-corrected chi connectivity index (χ2v) is 6.16. The Balaban J connectivity index is 2.21. The molecule has 0 spiro atoms. The zero-order valence-electron chi connectivity index (χ0n) is 13.6. The van der Waals surface area contributed by atoms with Crippen molar-refractivity contribution in [2.45, 2.75) is 26.4 Å². The molecule has 7 nitrogen and oxygen atoms in total. The summed E-state index contributed by atoms with van der Waals surface area (Å²) in [7, 11) is 0. The van der Waals surface area contributed by atoms with Crippen molar-refractivity contribution in [3.8, 4) is 16.9 Å². The fraction of sp³-hybridized carbons (Fsp3) is 0.235. The smallest absolute Gasteiger partial charge is 0.412 e. The van der Waals surface area contributed by atoms with Crippen LogP contribution in [0, 0.1) is 10.1 Å². The standard InChI is InChI=1S/C17H18N2O5/c1-17(2,3)24-16(21)18-12-6-4-11(5-7-12)14-9-8-13(20)10-15(14)19(22)23/h4-10,20H,1-3H3,(H,18,21). The Hall–Kier alpha value is -3.09. The number of aromatic hydroxyl groups is 1. The molecule has 2 rings (SSSR count). The summed E-state index contributed by atoms with van der Waals surface area (Å²) in [6.45, 7) is 5.29. The summed E-state index contributed by atoms with van der Waals surface area (Å²) in [5, 5.41) is 23.1. The van der Waals surface area contributed by atoms with Gasteiger partial charge in [0.25, 0.3) is 5.69 Å². The topological polar surface area (TPSA) is 102 Å². The number of nitro groups is 1. The molecule has 1 amide bonds. The van der Waals surface area contributed by atoms with Gasteiger partial charge in [0.05, 0.1) is 16.6 Å². The van der Waals surface area contributed by atoms with E-state index in [1.54, 1.807) is 45.0 Å². The molecule has 7 heteroatoms. The number of anilines is 1. The van der Waals surface area contributed by atoms with Crippen molar-refractivity contribution >= 4 is 17.5 Å². The van der Waals surface area contributed by atoms with Gasteiger partial charge in [-0.3, -0.25) is 15.4 Å². The fourth-order valence-electron chi connectivity index (χ4n) is 2.07. The van der Waals surface area contributed by atoms with E-state index in [2.05, 4.69) is 5.32 Å². The van der Waals surface area contributed by atoms with Gasteiger partial charge in [-0.25, -0.2) is 4.79 Å². The van der Waals surface area contributed by atoms with Crippen molar-refractivity contribution in [3.63, 3.8) is 0 Å². The van der Waals surface area contributed by atoms with E-state index < -0.39 is 16.6 Å². The second-order valence-electron chi connectivity index (χ2n) is 6.16. The highest BCUT2D eigenvalue weighted by atomic mass is 16.6. The first-order chi connectivity index (χ1) is 11.2. The first-order valence-corrected chi connectivity index (χ1v) is 7.23. The van der Waals surface area contributed by atoms with E-state index >= 15 is 0 Å². The molecule has 0 aliphatic rings. The summed E-state index contributed by atoms with van der Waals surface area (Å²) in [4.78, 5) is 22.3. The largest absolute Gasteiger partial charge is 0.508 e. The summed E-state index contributed by atoms with van der Waals surface area (Å²) >= 11 is 0. The van der Waals surface area contributed by atoms with Gasteiger partial charge in [-0.2, -0.15) is 0 Å². The van der Waals surface area contributed by atoms with E-state index in [0.29, 0.717) is 16.8 Å². The number of phenols is 1. The van der Waals surface area contributed by atoms with Crippen LogP contribution >= 0.6 is 0 Å². The Labute approximate surface area is 139 Å². The normalized spacial score (nSPS) is 11.0. The SMILES string of the molecule is CC(C)(C)OC(=O)Nc1ccc(-c2ccc(O)cc2[N+](=O)[O-])cc1. The summed E-state index contributed by atoms with van der Waals surface area (Å²) in [5.41, 5.74) is 0.687. The summed E-state index contributed by atoms with van der Waals surface area (Å²) in [6, 6.07) is 10.5. The lowest BCUT2D eigenvalue weighted by atomic mass is 10.0. The molecular formula is C17H18N2O5. The Kier molecular flexibility index (Phi) is 4.73. The number of nitrogens with one attached hydrogen (secondary N) is 1. The number of hydrogen-bond acceptors (Lipinski definition) is 5. The van der Waals surface area contributed by atoms with Crippen LogP contribution in [0.4, 0.5) is 16.2 Å². The Morgan fingerprint density at radius 2 is 1.79 bits per heavy atom. The molecule has 2 N–H and O–H groups in total. The van der Waals surface area contributed by atoms with Crippen LogP contribution in [0.5, 0.6) is 5.75 Å². The number of hydrogen-bond donors (Lipinski definition) is 2. The van der Waals surface area contributed by atoms with Gasteiger partial charge in [-0.05, 0) is 50.6 Å². The lowest BCUT2D eigenvalue weighted by Gasteiger charge is -2.19. The van der Waals surface area contributed by atoms with Crippen LogP contribution in [0.1, 0.15) is 20.8 Å². The lowest BCUT2D eigenvalue weighted by molar-refractivity contribution is -0.384. The number of nitro benzene ring substituents is 1. The highest BCUT2D eigenvalue weighted by Crippen LogP contribution is 2.33. The Bertz CT molecular complexity index is 764. The van der Waals surface area contributed by atoms with Gasteiger partial charge >= 0.3 is 6.09 Å². The molecule has 24 heavy (non-hydrogen) atoms. The fourth-order valence-corrected chi connectivity index (χ4v) is 2.07. The monoisotopic (exact) mass is 330 g/mol. The molecule has 0 bridgehead atoms. The van der Waals surface area contributed by atoms with Crippen LogP contribution in [0.15, 0.2) is 42.5 Å². The third-order valence-electron chi connectivity index (χ3n) is 3.02. The molecular weight excluding hydrogens is 312 g/mol. The molecule has 0 atom stereocenters. The molecule has 0 heterocycles. The van der Waals surface area contributed by atoms with Gasteiger partial charge in [0.1, 0.15) is 11.4 Å². The van der Waals surface area contributed by atoms with E-state index in [1.165, 1.54) is 12.1 Å². The maximum Gasteiger partial charge on any atom is 0.412 e. The Morgan fingerprint density at radius 3 is 2.33 bits per heavy atom. The molecule has 0 saturated carbocycles. The van der Waals surface area contributed by atoms with Crippen molar-refractivity contribution < 1.29 is 19.6 Å². The maximum atomic E-state index is 11.7. The first-order valence-electron chi connectivity index (χ1n) is 7.23. The van der Waals surface area contributed by atoms with E-state index in [-0.39, 0.29) is 11.4 Å². The molecule has 0 aliphatic carbocycles. The molecule has 126 valence electrons. The number of amides is 1. The van der Waals surface area contributed by atoms with Gasteiger partial charge in [0.2, 0.25) is 0 Å².